The molecule has 0 fully saturated rings. The fourth-order valence-electron chi connectivity index (χ4n) is 3.25. The number of fused-ring (bicyclic) bond motifs is 1. The Morgan fingerprint density at radius 2 is 1.90 bits per heavy atom. The number of pyridine rings is 1. The van der Waals surface area contributed by atoms with Gasteiger partial charge in [0.15, 0.2) is 11.3 Å². The van der Waals surface area contributed by atoms with Crippen LogP contribution < -0.4 is 16.6 Å². The number of thiophene rings is 1. The lowest BCUT2D eigenvalue weighted by Gasteiger charge is -2.13. The molecule has 4 rings (SSSR count). The van der Waals surface area contributed by atoms with Crippen molar-refractivity contribution in [1.29, 1.82) is 0 Å². The molecule has 3 aromatic heterocycles. The highest BCUT2D eigenvalue weighted by Gasteiger charge is 2.17. The number of rotatable bonds is 6. The molecule has 0 aliphatic heterocycles. The number of amides is 1. The van der Waals surface area contributed by atoms with Gasteiger partial charge in [0.2, 0.25) is 5.91 Å². The van der Waals surface area contributed by atoms with E-state index in [1.165, 1.54) is 29.0 Å². The normalized spacial score (nSPS) is 10.9. The summed E-state index contributed by atoms with van der Waals surface area (Å²) in [5.74, 6) is -0.584. The first-order chi connectivity index (χ1) is 14.9. The largest absolute Gasteiger partial charge is 0.332 e. The maximum absolute atomic E-state index is 13.1. The molecule has 3 heterocycles. The molecule has 0 atom stereocenters. The molecule has 0 saturated heterocycles. The van der Waals surface area contributed by atoms with Crippen molar-refractivity contribution in [2.45, 2.75) is 20.0 Å². The molecule has 8 nitrogen and oxygen atoms in total. The summed E-state index contributed by atoms with van der Waals surface area (Å²) in [4.78, 5) is 55.3. The van der Waals surface area contributed by atoms with Gasteiger partial charge in [0.05, 0.1) is 12.1 Å². The minimum Gasteiger partial charge on any atom is -0.325 e. The maximum atomic E-state index is 13.1. The summed E-state index contributed by atoms with van der Waals surface area (Å²) < 4.78 is 2.33. The Labute approximate surface area is 180 Å². The minimum absolute atomic E-state index is 0.101. The van der Waals surface area contributed by atoms with E-state index in [2.05, 4.69) is 10.3 Å². The van der Waals surface area contributed by atoms with Crippen molar-refractivity contribution in [3.63, 3.8) is 0 Å². The Kier molecular flexibility index (Phi) is 5.59. The van der Waals surface area contributed by atoms with E-state index in [-0.39, 0.29) is 29.9 Å². The zero-order valence-corrected chi connectivity index (χ0v) is 17.4. The van der Waals surface area contributed by atoms with Crippen LogP contribution in [0.3, 0.4) is 0 Å². The van der Waals surface area contributed by atoms with E-state index in [0.717, 1.165) is 9.44 Å². The van der Waals surface area contributed by atoms with Crippen molar-refractivity contribution >= 4 is 39.7 Å². The van der Waals surface area contributed by atoms with E-state index in [9.17, 15) is 19.2 Å². The molecule has 4 aromatic rings. The third-order valence-electron chi connectivity index (χ3n) is 4.74. The van der Waals surface area contributed by atoms with E-state index >= 15 is 0 Å². The van der Waals surface area contributed by atoms with Crippen molar-refractivity contribution in [3.05, 3.63) is 91.4 Å². The van der Waals surface area contributed by atoms with E-state index in [0.29, 0.717) is 11.3 Å². The van der Waals surface area contributed by atoms with Crippen LogP contribution in [0.25, 0.3) is 11.0 Å². The van der Waals surface area contributed by atoms with Crippen molar-refractivity contribution in [2.24, 2.45) is 0 Å². The Morgan fingerprint density at radius 1 is 1.06 bits per heavy atom. The molecular weight excluding hydrogens is 416 g/mol. The van der Waals surface area contributed by atoms with Crippen molar-refractivity contribution in [1.82, 2.24) is 14.1 Å². The summed E-state index contributed by atoms with van der Waals surface area (Å²) in [5.41, 5.74) is 0.221. The molecular formula is C22H18N4O4S. The SMILES string of the molecule is CC(=O)c1cccc(NC(=O)Cn2c(=O)n(Cc3cccs3)c(=O)c3ncccc32)c1. The number of Topliss-reactive ketones (excluding diaryl/α,β-unsaturated/α-hetero) is 1. The van der Waals surface area contributed by atoms with Gasteiger partial charge in [0, 0.05) is 22.3 Å². The van der Waals surface area contributed by atoms with Crippen molar-refractivity contribution in [3.8, 4) is 0 Å². The zero-order chi connectivity index (χ0) is 22.0. The van der Waals surface area contributed by atoms with Crippen LogP contribution in [0.5, 0.6) is 0 Å². The Balaban J connectivity index is 1.72. The van der Waals surface area contributed by atoms with Crippen LogP contribution in [0.2, 0.25) is 0 Å². The average Bonchev–Trinajstić information content (AvgIpc) is 3.27. The number of carbonyl (C=O) groups excluding carboxylic acids is 2. The predicted molar refractivity (Wildman–Crippen MR) is 119 cm³/mol. The highest BCUT2D eigenvalue weighted by molar-refractivity contribution is 7.09. The highest BCUT2D eigenvalue weighted by atomic mass is 32.1. The van der Waals surface area contributed by atoms with Crippen LogP contribution in [0, 0.1) is 0 Å². The van der Waals surface area contributed by atoms with Gasteiger partial charge in [-0.15, -0.1) is 11.3 Å². The monoisotopic (exact) mass is 434 g/mol. The van der Waals surface area contributed by atoms with Crippen LogP contribution in [0.4, 0.5) is 5.69 Å². The molecule has 1 amide bonds. The molecule has 0 radical (unpaired) electrons. The van der Waals surface area contributed by atoms with Crippen molar-refractivity contribution < 1.29 is 9.59 Å². The summed E-state index contributed by atoms with van der Waals surface area (Å²) in [6, 6.07) is 13.4. The number of aromatic nitrogens is 3. The molecule has 0 saturated carbocycles. The molecule has 156 valence electrons. The molecule has 0 unspecified atom stereocenters. The lowest BCUT2D eigenvalue weighted by Crippen LogP contribution is -2.42. The fourth-order valence-corrected chi connectivity index (χ4v) is 3.95. The maximum Gasteiger partial charge on any atom is 0.332 e. The first-order valence-electron chi connectivity index (χ1n) is 9.45. The van der Waals surface area contributed by atoms with Crippen LogP contribution in [0.1, 0.15) is 22.2 Å². The third kappa shape index (κ3) is 4.22. The minimum atomic E-state index is -0.591. The molecule has 0 spiro atoms. The molecule has 1 N–H and O–H groups in total. The van der Waals surface area contributed by atoms with Gasteiger partial charge in [-0.05, 0) is 42.6 Å². The van der Waals surface area contributed by atoms with E-state index in [1.54, 1.807) is 36.4 Å². The summed E-state index contributed by atoms with van der Waals surface area (Å²) in [6.07, 6.45) is 1.47. The molecule has 0 aliphatic carbocycles. The van der Waals surface area contributed by atoms with E-state index in [4.69, 9.17) is 0 Å². The number of ketones is 1. The van der Waals surface area contributed by atoms with Crippen LogP contribution in [-0.4, -0.2) is 25.8 Å². The first-order valence-corrected chi connectivity index (χ1v) is 10.3. The quantitative estimate of drug-likeness (QED) is 0.470. The van der Waals surface area contributed by atoms with Gasteiger partial charge < -0.3 is 5.32 Å². The van der Waals surface area contributed by atoms with E-state index < -0.39 is 17.2 Å². The zero-order valence-electron chi connectivity index (χ0n) is 16.6. The lowest BCUT2D eigenvalue weighted by atomic mass is 10.1. The van der Waals surface area contributed by atoms with Gasteiger partial charge in [-0.25, -0.2) is 9.78 Å². The lowest BCUT2D eigenvalue weighted by molar-refractivity contribution is -0.116. The molecule has 0 aliphatic rings. The predicted octanol–water partition coefficient (Wildman–Crippen LogP) is 2.51. The first kappa shape index (κ1) is 20.4. The number of benzene rings is 1. The van der Waals surface area contributed by atoms with Crippen molar-refractivity contribution in [2.75, 3.05) is 5.32 Å². The summed E-state index contributed by atoms with van der Waals surface area (Å²) in [7, 11) is 0. The summed E-state index contributed by atoms with van der Waals surface area (Å²) >= 11 is 1.43. The topological polar surface area (TPSA) is 103 Å². The van der Waals surface area contributed by atoms with Crippen LogP contribution in [-0.2, 0) is 17.9 Å². The smallest absolute Gasteiger partial charge is 0.325 e. The van der Waals surface area contributed by atoms with E-state index in [1.807, 2.05) is 17.5 Å². The number of hydrogen-bond donors (Lipinski definition) is 1. The summed E-state index contributed by atoms with van der Waals surface area (Å²) in [6.45, 7) is 1.23. The van der Waals surface area contributed by atoms with Gasteiger partial charge in [-0.3, -0.25) is 23.5 Å². The Hall–Kier alpha value is -3.85. The number of anilines is 1. The van der Waals surface area contributed by atoms with Crippen LogP contribution in [0.15, 0.2) is 69.7 Å². The molecule has 1 aromatic carbocycles. The van der Waals surface area contributed by atoms with Gasteiger partial charge in [0.25, 0.3) is 5.56 Å². The second kappa shape index (κ2) is 8.49. The standard InChI is InChI=1S/C22H18N4O4S/c1-14(27)15-5-2-6-16(11-15)24-19(28)13-25-18-8-3-9-23-20(18)21(29)26(22(25)30)12-17-7-4-10-31-17/h2-11H,12-13H2,1H3,(H,24,28). The Morgan fingerprint density at radius 3 is 2.65 bits per heavy atom. The van der Waals surface area contributed by atoms with Gasteiger partial charge in [0.1, 0.15) is 6.54 Å². The summed E-state index contributed by atoms with van der Waals surface area (Å²) in [5, 5.41) is 4.56. The second-order valence-corrected chi connectivity index (χ2v) is 7.93. The fraction of sp³-hybridized carbons (Fsp3) is 0.136. The Bertz CT molecular complexity index is 1400. The highest BCUT2D eigenvalue weighted by Crippen LogP contribution is 2.13. The number of carbonyl (C=O) groups is 2. The molecule has 31 heavy (non-hydrogen) atoms. The number of hydrogen-bond acceptors (Lipinski definition) is 6. The van der Waals surface area contributed by atoms with Gasteiger partial charge >= 0.3 is 5.69 Å². The third-order valence-corrected chi connectivity index (χ3v) is 5.60. The molecule has 9 heteroatoms. The second-order valence-electron chi connectivity index (χ2n) is 6.90. The number of nitrogens with zero attached hydrogens (tertiary/aromatic N) is 3. The van der Waals surface area contributed by atoms with Gasteiger partial charge in [-0.2, -0.15) is 0 Å². The number of nitrogens with one attached hydrogen (secondary N) is 1. The van der Waals surface area contributed by atoms with Crippen LogP contribution >= 0.6 is 11.3 Å². The molecule has 0 bridgehead atoms. The average molecular weight is 434 g/mol. The van der Waals surface area contributed by atoms with Gasteiger partial charge in [-0.1, -0.05) is 18.2 Å².